The Kier molecular flexibility index (Phi) is 29.3. The van der Waals surface area contributed by atoms with E-state index >= 15 is 0 Å². The van der Waals surface area contributed by atoms with Crippen molar-refractivity contribution >= 4 is 65.1 Å². The lowest BCUT2D eigenvalue weighted by atomic mass is 10.0. The number of benzene rings is 1. The fraction of sp³-hybridized carbons (Fsp3) is 0.653. The van der Waals surface area contributed by atoms with Crippen LogP contribution in [0.4, 0.5) is 0 Å². The van der Waals surface area contributed by atoms with Crippen LogP contribution in [0.5, 0.6) is 5.75 Å². The van der Waals surface area contributed by atoms with Crippen molar-refractivity contribution in [2.24, 2.45) is 50.3 Å². The molecule has 0 saturated carbocycles. The van der Waals surface area contributed by atoms with Crippen LogP contribution in [0.2, 0.25) is 0 Å². The number of carboxylic acid groups (broad SMARTS) is 1. The zero-order chi connectivity index (χ0) is 56.9. The standard InChI is InChI=1S/C49H84N16O11/c1-5-11-32(40(68)63-37(26-30-17-19-31(67)20-18-30)43(71)64-38(27-51)44(72)62-36(47(75)76)21-16-28(2)3)59-42(70)34(13-8-23-56-48(52)53)60-45(73)39-15-10-25-65(39)46(74)35(14-9-24-57-49(54)55)61-41(69)33(58-29(4)66)12-6-7-22-50/h17-20,28,32-39,67H,5-16,21-27,50-51H2,1-4H3,(H,58,66)(H,59,70)(H,60,73)(H,61,69)(H,62,72)(H,63,68)(H,64,71)(H,75,76)(H4,52,53,56)(H4,54,55,57)/t32-,33-,34-,35-,36-,37-,38-,39-/m0/s1. The molecule has 426 valence electrons. The van der Waals surface area contributed by atoms with E-state index in [0.29, 0.717) is 44.2 Å². The van der Waals surface area contributed by atoms with Crippen LogP contribution in [0, 0.1) is 5.92 Å². The van der Waals surface area contributed by atoms with Gasteiger partial charge in [-0.3, -0.25) is 48.3 Å². The van der Waals surface area contributed by atoms with Gasteiger partial charge >= 0.3 is 5.97 Å². The average molecular weight is 1070 g/mol. The number of rotatable bonds is 35. The van der Waals surface area contributed by atoms with Gasteiger partial charge in [0.25, 0.3) is 0 Å². The van der Waals surface area contributed by atoms with E-state index in [1.807, 2.05) is 13.8 Å². The second-order valence-corrected chi connectivity index (χ2v) is 19.2. The van der Waals surface area contributed by atoms with E-state index in [4.69, 9.17) is 34.4 Å². The number of aromatic hydroxyl groups is 1. The Balaban J connectivity index is 2.44. The number of nitrogens with two attached hydrogens (primary N) is 6. The van der Waals surface area contributed by atoms with Crippen molar-refractivity contribution < 1.29 is 53.4 Å². The van der Waals surface area contributed by atoms with Gasteiger partial charge in [0.2, 0.25) is 47.3 Å². The summed E-state index contributed by atoms with van der Waals surface area (Å²) in [5, 5.41) is 38.1. The van der Waals surface area contributed by atoms with E-state index in [9.17, 15) is 53.4 Å². The van der Waals surface area contributed by atoms with E-state index in [0.717, 1.165) is 0 Å². The van der Waals surface area contributed by atoms with Crippen molar-refractivity contribution in [3.8, 4) is 5.75 Å². The van der Waals surface area contributed by atoms with Crippen LogP contribution in [0.3, 0.4) is 0 Å². The largest absolute Gasteiger partial charge is 0.508 e. The molecular formula is C49H84N16O11. The molecule has 1 aliphatic heterocycles. The van der Waals surface area contributed by atoms with Crippen LogP contribution in [-0.4, -0.2) is 161 Å². The van der Waals surface area contributed by atoms with Gasteiger partial charge in [0.15, 0.2) is 11.9 Å². The van der Waals surface area contributed by atoms with Crippen molar-refractivity contribution in [3.05, 3.63) is 29.8 Å². The molecule has 1 aromatic carbocycles. The number of hydrogen-bond donors (Lipinski definition) is 15. The minimum atomic E-state index is -1.41. The third-order valence-electron chi connectivity index (χ3n) is 12.4. The van der Waals surface area contributed by atoms with E-state index in [1.165, 1.54) is 36.1 Å². The van der Waals surface area contributed by atoms with Gasteiger partial charge in [-0.2, -0.15) is 0 Å². The summed E-state index contributed by atoms with van der Waals surface area (Å²) >= 11 is 0. The Labute approximate surface area is 444 Å². The van der Waals surface area contributed by atoms with Crippen molar-refractivity contribution in [1.29, 1.82) is 0 Å². The van der Waals surface area contributed by atoms with Gasteiger partial charge in [-0.1, -0.05) is 39.3 Å². The molecule has 0 radical (unpaired) electrons. The highest BCUT2D eigenvalue weighted by molar-refractivity contribution is 5.98. The van der Waals surface area contributed by atoms with Crippen LogP contribution in [0.15, 0.2) is 34.3 Å². The minimum Gasteiger partial charge on any atom is -0.508 e. The summed E-state index contributed by atoms with van der Waals surface area (Å²) in [6.45, 7) is 7.07. The summed E-state index contributed by atoms with van der Waals surface area (Å²) < 4.78 is 0. The lowest BCUT2D eigenvalue weighted by Gasteiger charge is -2.31. The Bertz CT molecular complexity index is 2140. The number of carbonyl (C=O) groups excluding carboxylic acids is 8. The Hall–Kier alpha value is -7.29. The maximum Gasteiger partial charge on any atom is 0.326 e. The first-order valence-electron chi connectivity index (χ1n) is 25.9. The van der Waals surface area contributed by atoms with Crippen molar-refractivity contribution in [1.82, 2.24) is 42.1 Å². The number of aliphatic imine (C=N–C) groups is 2. The molecule has 0 aromatic heterocycles. The normalized spacial score (nSPS) is 15.8. The number of carboxylic acids is 1. The molecule has 27 heteroatoms. The molecule has 0 unspecified atom stereocenters. The van der Waals surface area contributed by atoms with Crippen LogP contribution in [0.1, 0.15) is 117 Å². The topological polar surface area (TPSA) is 462 Å². The smallest absolute Gasteiger partial charge is 0.326 e. The summed E-state index contributed by atoms with van der Waals surface area (Å²) in [6, 6.07) is -4.15. The molecule has 0 bridgehead atoms. The first-order chi connectivity index (χ1) is 36.0. The van der Waals surface area contributed by atoms with Gasteiger partial charge in [0, 0.05) is 39.5 Å². The molecule has 21 N–H and O–H groups in total. The molecule has 27 nitrogen and oxygen atoms in total. The second kappa shape index (κ2) is 34.3. The molecule has 1 fully saturated rings. The summed E-state index contributed by atoms with van der Waals surface area (Å²) in [5.74, 6) is -7.27. The van der Waals surface area contributed by atoms with Gasteiger partial charge in [0.05, 0.1) is 0 Å². The third kappa shape index (κ3) is 23.9. The molecule has 1 aromatic rings. The quantitative estimate of drug-likeness (QED) is 0.0181. The summed E-state index contributed by atoms with van der Waals surface area (Å²) in [6.07, 6.45) is 3.25. The average Bonchev–Trinajstić information content (AvgIpc) is 3.86. The molecular weight excluding hydrogens is 989 g/mol. The first-order valence-corrected chi connectivity index (χ1v) is 25.9. The number of hydrogen-bond acceptors (Lipinski definition) is 14. The lowest BCUT2D eigenvalue weighted by molar-refractivity contribution is -0.142. The predicted octanol–water partition coefficient (Wildman–Crippen LogP) is -3.15. The third-order valence-corrected chi connectivity index (χ3v) is 12.4. The minimum absolute atomic E-state index is 0.0394. The van der Waals surface area contributed by atoms with Gasteiger partial charge in [-0.15, -0.1) is 0 Å². The summed E-state index contributed by atoms with van der Waals surface area (Å²) in [7, 11) is 0. The number of likely N-dealkylation sites (tertiary alicyclic amines) is 1. The van der Waals surface area contributed by atoms with E-state index in [-0.39, 0.29) is 101 Å². The SMILES string of the molecule is CCC[C@H](NC(=O)[C@H](CCCN=C(N)N)NC(=O)[C@@H]1CCCN1C(=O)[C@H](CCCN=C(N)N)NC(=O)[C@H](CCCCN)NC(C)=O)C(=O)N[C@@H](Cc1ccc(O)cc1)C(=O)N[C@@H](CN)C(=O)N[C@@H](CCC(C)C)C(=O)O. The maximum atomic E-state index is 14.4. The highest BCUT2D eigenvalue weighted by Gasteiger charge is 2.40. The molecule has 8 amide bonds. The van der Waals surface area contributed by atoms with Crippen molar-refractivity contribution in [2.45, 2.75) is 166 Å². The molecule has 76 heavy (non-hydrogen) atoms. The first kappa shape index (κ1) is 64.8. The van der Waals surface area contributed by atoms with Crippen LogP contribution >= 0.6 is 0 Å². The summed E-state index contributed by atoms with van der Waals surface area (Å²) in [5.41, 5.74) is 34.1. The number of phenolic OH excluding ortho intramolecular Hbond substituents is 1. The molecule has 2 rings (SSSR count). The molecule has 0 aliphatic carbocycles. The number of amides is 8. The fourth-order valence-electron chi connectivity index (χ4n) is 8.30. The number of nitrogens with zero attached hydrogens (tertiary/aromatic N) is 3. The monoisotopic (exact) mass is 1070 g/mol. The zero-order valence-corrected chi connectivity index (χ0v) is 44.3. The number of unbranched alkanes of at least 4 members (excludes halogenated alkanes) is 1. The van der Waals surface area contributed by atoms with E-state index < -0.39 is 108 Å². The van der Waals surface area contributed by atoms with Crippen molar-refractivity contribution in [2.75, 3.05) is 32.7 Å². The molecule has 8 atom stereocenters. The zero-order valence-electron chi connectivity index (χ0n) is 44.3. The molecule has 1 saturated heterocycles. The number of nitrogens with one attached hydrogen (secondary N) is 7. The molecule has 1 heterocycles. The predicted molar refractivity (Wildman–Crippen MR) is 284 cm³/mol. The highest BCUT2D eigenvalue weighted by Crippen LogP contribution is 2.21. The van der Waals surface area contributed by atoms with Crippen LogP contribution in [-0.2, 0) is 49.6 Å². The molecule has 1 aliphatic rings. The van der Waals surface area contributed by atoms with Gasteiger partial charge in [-0.05, 0) is 107 Å². The van der Waals surface area contributed by atoms with Crippen LogP contribution < -0.4 is 71.6 Å². The van der Waals surface area contributed by atoms with Gasteiger partial charge in [0.1, 0.15) is 54.1 Å². The molecule has 0 spiro atoms. The van der Waals surface area contributed by atoms with E-state index in [2.05, 4.69) is 47.2 Å². The van der Waals surface area contributed by atoms with Gasteiger partial charge in [-0.25, -0.2) is 4.79 Å². The van der Waals surface area contributed by atoms with E-state index in [1.54, 1.807) is 6.92 Å². The van der Waals surface area contributed by atoms with Crippen LogP contribution in [0.25, 0.3) is 0 Å². The number of aliphatic carboxylic acids is 1. The lowest BCUT2D eigenvalue weighted by Crippen LogP contribution is -2.61. The second-order valence-electron chi connectivity index (χ2n) is 19.2. The van der Waals surface area contributed by atoms with Crippen molar-refractivity contribution in [3.63, 3.8) is 0 Å². The highest BCUT2D eigenvalue weighted by atomic mass is 16.4. The number of phenols is 1. The summed E-state index contributed by atoms with van der Waals surface area (Å²) in [4.78, 5) is 132. The maximum absolute atomic E-state index is 14.4. The fourth-order valence-corrected chi connectivity index (χ4v) is 8.30. The Morgan fingerprint density at radius 1 is 0.618 bits per heavy atom. The van der Waals surface area contributed by atoms with Gasteiger partial charge < -0.3 is 86.7 Å². The Morgan fingerprint density at radius 3 is 1.63 bits per heavy atom. The number of guanidine groups is 2. The number of carbonyl (C=O) groups is 9. The Morgan fingerprint density at radius 2 is 1.11 bits per heavy atom.